The maximum absolute atomic E-state index is 10.7. The van der Waals surface area contributed by atoms with Gasteiger partial charge in [-0.3, -0.25) is 5.32 Å². The van der Waals surface area contributed by atoms with Crippen molar-refractivity contribution in [3.05, 3.63) is 23.8 Å². The van der Waals surface area contributed by atoms with Crippen molar-refractivity contribution in [2.24, 2.45) is 5.73 Å². The number of carbonyl (C=O) groups is 1. The van der Waals surface area contributed by atoms with Crippen LogP contribution in [0.4, 0.5) is 10.5 Å². The van der Waals surface area contributed by atoms with Gasteiger partial charge in [-0.1, -0.05) is 19.9 Å². The second-order valence-corrected chi connectivity index (χ2v) is 4.46. The number of nitrogens with one attached hydrogen (secondary N) is 2. The third-order valence-corrected chi connectivity index (χ3v) is 2.57. The number of urea groups is 1. The van der Waals surface area contributed by atoms with E-state index < -0.39 is 6.03 Å². The normalized spacial score (nSPS) is 10.0. The van der Waals surface area contributed by atoms with Crippen LogP contribution in [0.5, 0.6) is 5.75 Å². The van der Waals surface area contributed by atoms with Crippen molar-refractivity contribution in [2.75, 3.05) is 12.4 Å². The lowest BCUT2D eigenvalue weighted by atomic mass is 10.0. The molecule has 18 heavy (non-hydrogen) atoms. The smallest absolute Gasteiger partial charge is 0.318 e. The highest BCUT2D eigenvalue weighted by Gasteiger charge is 2.10. The lowest BCUT2D eigenvalue weighted by Gasteiger charge is -2.16. The van der Waals surface area contributed by atoms with Crippen LogP contribution in [-0.2, 0) is 0 Å². The van der Waals surface area contributed by atoms with Crippen LogP contribution in [0.3, 0.4) is 0 Å². The average Bonchev–Trinajstić information content (AvgIpc) is 2.27. The van der Waals surface area contributed by atoms with Gasteiger partial charge in [0.1, 0.15) is 5.75 Å². The molecule has 0 atom stereocenters. The van der Waals surface area contributed by atoms with Gasteiger partial charge in [-0.2, -0.15) is 0 Å². The van der Waals surface area contributed by atoms with Gasteiger partial charge < -0.3 is 15.8 Å². The highest BCUT2D eigenvalue weighted by Crippen LogP contribution is 2.28. The molecule has 0 heterocycles. The molecule has 0 saturated heterocycles. The number of ether oxygens (including phenoxy) is 1. The van der Waals surface area contributed by atoms with Gasteiger partial charge in [0.2, 0.25) is 0 Å². The first-order chi connectivity index (χ1) is 8.43. The van der Waals surface area contributed by atoms with E-state index in [1.54, 1.807) is 7.11 Å². The molecule has 0 aliphatic rings. The molecule has 5 nitrogen and oxygen atoms in total. The van der Waals surface area contributed by atoms with Crippen LogP contribution in [-0.4, -0.2) is 18.3 Å². The summed E-state index contributed by atoms with van der Waals surface area (Å²) < 4.78 is 5.16. The van der Waals surface area contributed by atoms with E-state index in [0.717, 1.165) is 11.3 Å². The number of carbonyl (C=O) groups excluding carboxylic acids is 1. The molecular weight excluding hydrogens is 250 g/mol. The van der Waals surface area contributed by atoms with Gasteiger partial charge in [0, 0.05) is 11.8 Å². The zero-order valence-corrected chi connectivity index (χ0v) is 11.4. The zero-order chi connectivity index (χ0) is 13.7. The standard InChI is InChI=1S/C12H17N3O2S/c1-7(2)9-5-4-8(17-3)6-10(9)14-12(18)15-11(13)16/h4-7H,1-3H3,(H4,13,14,15,16,18). The topological polar surface area (TPSA) is 76.4 Å². The van der Waals surface area contributed by atoms with Crippen molar-refractivity contribution in [3.63, 3.8) is 0 Å². The van der Waals surface area contributed by atoms with Crippen LogP contribution >= 0.6 is 12.2 Å². The van der Waals surface area contributed by atoms with Crippen LogP contribution in [0.1, 0.15) is 25.3 Å². The molecule has 0 aliphatic heterocycles. The molecule has 1 aromatic carbocycles. The lowest BCUT2D eigenvalue weighted by Crippen LogP contribution is -2.38. The molecule has 1 aromatic rings. The molecule has 0 aromatic heterocycles. The Labute approximate surface area is 112 Å². The molecule has 6 heteroatoms. The fourth-order valence-electron chi connectivity index (χ4n) is 1.54. The number of nitrogens with two attached hydrogens (primary N) is 1. The molecule has 0 unspecified atom stereocenters. The number of anilines is 1. The largest absolute Gasteiger partial charge is 0.497 e. The van der Waals surface area contributed by atoms with E-state index in [1.165, 1.54) is 0 Å². The third kappa shape index (κ3) is 3.89. The summed E-state index contributed by atoms with van der Waals surface area (Å²) in [5, 5.41) is 5.42. The number of thiocarbonyl (C=S) groups is 1. The van der Waals surface area contributed by atoms with Crippen LogP contribution in [0, 0.1) is 0 Å². The van der Waals surface area contributed by atoms with Crippen molar-refractivity contribution in [3.8, 4) is 5.75 Å². The first-order valence-electron chi connectivity index (χ1n) is 5.49. The molecular formula is C12H17N3O2S. The summed E-state index contributed by atoms with van der Waals surface area (Å²) in [7, 11) is 1.59. The first kappa shape index (κ1) is 14.2. The number of amides is 2. The number of primary amides is 1. The van der Waals surface area contributed by atoms with Gasteiger partial charge in [-0.05, 0) is 29.8 Å². The third-order valence-electron chi connectivity index (χ3n) is 2.37. The molecule has 1 rings (SSSR count). The number of methoxy groups -OCH3 is 1. The van der Waals surface area contributed by atoms with E-state index in [1.807, 2.05) is 18.2 Å². The molecule has 0 aliphatic carbocycles. The first-order valence-corrected chi connectivity index (χ1v) is 5.90. The second-order valence-electron chi connectivity index (χ2n) is 4.05. The van der Waals surface area contributed by atoms with E-state index in [-0.39, 0.29) is 5.11 Å². The molecule has 0 spiro atoms. The fraction of sp³-hybridized carbons (Fsp3) is 0.333. The number of rotatable bonds is 3. The van der Waals surface area contributed by atoms with Crippen molar-refractivity contribution < 1.29 is 9.53 Å². The predicted molar refractivity (Wildman–Crippen MR) is 76.0 cm³/mol. The van der Waals surface area contributed by atoms with Crippen molar-refractivity contribution in [1.82, 2.24) is 5.32 Å². The summed E-state index contributed by atoms with van der Waals surface area (Å²) in [6, 6.07) is 4.97. The summed E-state index contributed by atoms with van der Waals surface area (Å²) in [6.07, 6.45) is 0. The Bertz CT molecular complexity index is 461. The Balaban J connectivity index is 2.97. The quantitative estimate of drug-likeness (QED) is 0.734. The van der Waals surface area contributed by atoms with Crippen LogP contribution in [0.15, 0.2) is 18.2 Å². The van der Waals surface area contributed by atoms with E-state index in [0.29, 0.717) is 11.7 Å². The summed E-state index contributed by atoms with van der Waals surface area (Å²) in [4.78, 5) is 10.7. The van der Waals surface area contributed by atoms with Gasteiger partial charge >= 0.3 is 6.03 Å². The van der Waals surface area contributed by atoms with E-state index in [9.17, 15) is 4.79 Å². The Morgan fingerprint density at radius 3 is 2.61 bits per heavy atom. The maximum atomic E-state index is 10.7. The average molecular weight is 267 g/mol. The Kier molecular flexibility index (Phi) is 4.91. The molecule has 2 amide bonds. The lowest BCUT2D eigenvalue weighted by molar-refractivity contribution is 0.253. The second kappa shape index (κ2) is 6.20. The molecule has 0 saturated carbocycles. The molecule has 4 N–H and O–H groups in total. The Morgan fingerprint density at radius 1 is 1.44 bits per heavy atom. The van der Waals surface area contributed by atoms with Crippen molar-refractivity contribution in [1.29, 1.82) is 0 Å². The van der Waals surface area contributed by atoms with Crippen LogP contribution in [0.25, 0.3) is 0 Å². The minimum absolute atomic E-state index is 0.164. The molecule has 0 radical (unpaired) electrons. The van der Waals surface area contributed by atoms with Crippen molar-refractivity contribution >= 4 is 29.0 Å². The summed E-state index contributed by atoms with van der Waals surface area (Å²) >= 11 is 4.97. The van der Waals surface area contributed by atoms with E-state index in [4.69, 9.17) is 22.7 Å². The number of benzene rings is 1. The Hall–Kier alpha value is -1.82. The van der Waals surface area contributed by atoms with Crippen molar-refractivity contribution in [2.45, 2.75) is 19.8 Å². The zero-order valence-electron chi connectivity index (χ0n) is 10.6. The monoisotopic (exact) mass is 267 g/mol. The summed E-state index contributed by atoms with van der Waals surface area (Å²) in [5.41, 5.74) is 6.87. The highest BCUT2D eigenvalue weighted by molar-refractivity contribution is 7.80. The maximum Gasteiger partial charge on any atom is 0.318 e. The van der Waals surface area contributed by atoms with E-state index in [2.05, 4.69) is 24.5 Å². The minimum atomic E-state index is -0.693. The van der Waals surface area contributed by atoms with Crippen LogP contribution < -0.4 is 21.1 Å². The van der Waals surface area contributed by atoms with Gasteiger partial charge in [0.15, 0.2) is 5.11 Å². The number of hydrogen-bond acceptors (Lipinski definition) is 3. The van der Waals surface area contributed by atoms with Gasteiger partial charge in [0.25, 0.3) is 0 Å². The minimum Gasteiger partial charge on any atom is -0.497 e. The Morgan fingerprint density at radius 2 is 2.11 bits per heavy atom. The highest BCUT2D eigenvalue weighted by atomic mass is 32.1. The SMILES string of the molecule is COc1ccc(C(C)C)c(NC(=S)NC(N)=O)c1. The van der Waals surface area contributed by atoms with Crippen LogP contribution in [0.2, 0.25) is 0 Å². The van der Waals surface area contributed by atoms with Gasteiger partial charge in [0.05, 0.1) is 7.11 Å². The molecule has 98 valence electrons. The van der Waals surface area contributed by atoms with Gasteiger partial charge in [-0.15, -0.1) is 0 Å². The predicted octanol–water partition coefficient (Wildman–Crippen LogP) is 2.18. The van der Waals surface area contributed by atoms with Gasteiger partial charge in [-0.25, -0.2) is 4.79 Å². The van der Waals surface area contributed by atoms with E-state index >= 15 is 0 Å². The molecule has 0 fully saturated rings. The summed E-state index contributed by atoms with van der Waals surface area (Å²) in [5.74, 6) is 1.03. The number of hydrogen-bond donors (Lipinski definition) is 3. The molecule has 0 bridgehead atoms. The summed E-state index contributed by atoms with van der Waals surface area (Å²) in [6.45, 7) is 4.13. The fourth-order valence-corrected chi connectivity index (χ4v) is 1.75.